The topological polar surface area (TPSA) is 64.0 Å². The predicted molar refractivity (Wildman–Crippen MR) is 71.9 cm³/mol. The largest absolute Gasteiger partial charge is 0.274 e. The second kappa shape index (κ2) is 5.01. The summed E-state index contributed by atoms with van der Waals surface area (Å²) in [6.45, 7) is 10.2. The van der Waals surface area contributed by atoms with Crippen molar-refractivity contribution in [1.82, 2.24) is 14.5 Å². The molecule has 0 amide bonds. The lowest BCUT2D eigenvalue weighted by molar-refractivity contribution is 0.531. The number of rotatable bonds is 4. The van der Waals surface area contributed by atoms with Gasteiger partial charge in [0.15, 0.2) is 0 Å². The third kappa shape index (κ3) is 3.55. The fourth-order valence-electron chi connectivity index (χ4n) is 1.54. The highest BCUT2D eigenvalue weighted by molar-refractivity contribution is 7.89. The maximum Gasteiger partial charge on any atom is 0.244 e. The molecule has 0 unspecified atom stereocenters. The SMILES string of the molecule is CC(C)CNS(=O)(=O)c1cn(C)nc1C(C)(C)C. The molecule has 18 heavy (non-hydrogen) atoms. The van der Waals surface area contributed by atoms with Crippen LogP contribution in [-0.4, -0.2) is 24.7 Å². The van der Waals surface area contributed by atoms with Gasteiger partial charge < -0.3 is 0 Å². The number of aryl methyl sites for hydroxylation is 1. The Labute approximate surface area is 110 Å². The predicted octanol–water partition coefficient (Wildman–Crippen LogP) is 1.65. The van der Waals surface area contributed by atoms with Crippen LogP contribution in [0.15, 0.2) is 11.1 Å². The summed E-state index contributed by atoms with van der Waals surface area (Å²) in [7, 11) is -1.75. The van der Waals surface area contributed by atoms with Crippen LogP contribution < -0.4 is 4.72 Å². The Morgan fingerprint density at radius 1 is 1.39 bits per heavy atom. The molecule has 0 fully saturated rings. The molecule has 1 rings (SSSR count). The van der Waals surface area contributed by atoms with Crippen LogP contribution in [0.5, 0.6) is 0 Å². The van der Waals surface area contributed by atoms with E-state index in [2.05, 4.69) is 9.82 Å². The molecule has 6 heteroatoms. The van der Waals surface area contributed by atoms with E-state index >= 15 is 0 Å². The van der Waals surface area contributed by atoms with Crippen LogP contribution in [0.1, 0.15) is 40.3 Å². The quantitative estimate of drug-likeness (QED) is 0.907. The third-order valence-electron chi connectivity index (χ3n) is 2.48. The summed E-state index contributed by atoms with van der Waals surface area (Å²) in [5.74, 6) is 0.273. The molecule has 1 aromatic rings. The number of nitrogens with zero attached hydrogens (tertiary/aromatic N) is 2. The van der Waals surface area contributed by atoms with Gasteiger partial charge in [0.25, 0.3) is 0 Å². The number of hydrogen-bond acceptors (Lipinski definition) is 3. The molecule has 1 aromatic heterocycles. The zero-order valence-corrected chi connectivity index (χ0v) is 12.8. The summed E-state index contributed by atoms with van der Waals surface area (Å²) in [5, 5.41) is 4.27. The molecule has 104 valence electrons. The van der Waals surface area contributed by atoms with Gasteiger partial charge >= 0.3 is 0 Å². The summed E-state index contributed by atoms with van der Waals surface area (Å²) in [6.07, 6.45) is 1.56. The van der Waals surface area contributed by atoms with Gasteiger partial charge in [-0.1, -0.05) is 34.6 Å². The first-order valence-corrected chi connectivity index (χ1v) is 7.56. The molecule has 0 atom stereocenters. The molecule has 0 aliphatic carbocycles. The molecular formula is C12H23N3O2S. The van der Waals surface area contributed by atoms with Crippen molar-refractivity contribution in [2.45, 2.75) is 44.9 Å². The highest BCUT2D eigenvalue weighted by Gasteiger charge is 2.29. The van der Waals surface area contributed by atoms with E-state index in [0.29, 0.717) is 12.2 Å². The monoisotopic (exact) mass is 273 g/mol. The maximum absolute atomic E-state index is 12.3. The van der Waals surface area contributed by atoms with E-state index in [4.69, 9.17) is 0 Å². The Hall–Kier alpha value is -0.880. The lowest BCUT2D eigenvalue weighted by Crippen LogP contribution is -2.29. The van der Waals surface area contributed by atoms with Crippen molar-refractivity contribution in [3.63, 3.8) is 0 Å². The standard InChI is InChI=1S/C12H23N3O2S/c1-9(2)7-13-18(16,17)10-8-15(6)14-11(10)12(3,4)5/h8-9,13H,7H2,1-6H3. The zero-order chi connectivity index (χ0) is 14.1. The Balaban J connectivity index is 3.17. The van der Waals surface area contributed by atoms with Crippen LogP contribution in [0.4, 0.5) is 0 Å². The van der Waals surface area contributed by atoms with Crippen molar-refractivity contribution in [3.05, 3.63) is 11.9 Å². The third-order valence-corrected chi connectivity index (χ3v) is 3.90. The molecular weight excluding hydrogens is 250 g/mol. The Kier molecular flexibility index (Phi) is 4.23. The van der Waals surface area contributed by atoms with Gasteiger partial charge in [-0.2, -0.15) is 5.10 Å². The summed E-state index contributed by atoms with van der Waals surface area (Å²) in [4.78, 5) is 0.276. The van der Waals surface area contributed by atoms with Crippen molar-refractivity contribution < 1.29 is 8.42 Å². The highest BCUT2D eigenvalue weighted by atomic mass is 32.2. The van der Waals surface area contributed by atoms with E-state index < -0.39 is 10.0 Å². The number of sulfonamides is 1. The number of aromatic nitrogens is 2. The van der Waals surface area contributed by atoms with Gasteiger partial charge in [-0.15, -0.1) is 0 Å². The van der Waals surface area contributed by atoms with Gasteiger partial charge in [-0.05, 0) is 5.92 Å². The first-order chi connectivity index (χ1) is 8.04. The Morgan fingerprint density at radius 3 is 2.39 bits per heavy atom. The van der Waals surface area contributed by atoms with Crippen LogP contribution in [0.2, 0.25) is 0 Å². The van der Waals surface area contributed by atoms with E-state index in [1.165, 1.54) is 0 Å². The second-order valence-electron chi connectivity index (χ2n) is 6.01. The Morgan fingerprint density at radius 2 is 1.94 bits per heavy atom. The molecule has 0 aliphatic heterocycles. The normalized spacial score (nSPS) is 13.3. The van der Waals surface area contributed by atoms with Crippen LogP contribution >= 0.6 is 0 Å². The van der Waals surface area contributed by atoms with Gasteiger partial charge in [0, 0.05) is 25.2 Å². The fourth-order valence-corrected chi connectivity index (χ4v) is 3.14. The molecule has 0 aliphatic rings. The van der Waals surface area contributed by atoms with Crippen molar-refractivity contribution in [1.29, 1.82) is 0 Å². The summed E-state index contributed by atoms with van der Waals surface area (Å²) in [5.41, 5.74) is 0.296. The van der Waals surface area contributed by atoms with Gasteiger partial charge in [0.1, 0.15) is 4.90 Å². The molecule has 0 aromatic carbocycles. The minimum atomic E-state index is -3.48. The average molecular weight is 273 g/mol. The minimum Gasteiger partial charge on any atom is -0.274 e. The van der Waals surface area contributed by atoms with E-state index in [9.17, 15) is 8.42 Å². The average Bonchev–Trinajstić information content (AvgIpc) is 2.58. The highest BCUT2D eigenvalue weighted by Crippen LogP contribution is 2.27. The Bertz CT molecular complexity index is 510. The molecule has 0 radical (unpaired) electrons. The van der Waals surface area contributed by atoms with Crippen molar-refractivity contribution in [2.24, 2.45) is 13.0 Å². The molecule has 1 heterocycles. The van der Waals surface area contributed by atoms with E-state index in [0.717, 1.165) is 0 Å². The van der Waals surface area contributed by atoms with Crippen LogP contribution in [0, 0.1) is 5.92 Å². The first kappa shape index (κ1) is 15.2. The molecule has 0 bridgehead atoms. The van der Waals surface area contributed by atoms with Gasteiger partial charge in [-0.3, -0.25) is 4.68 Å². The van der Waals surface area contributed by atoms with Gasteiger partial charge in [-0.25, -0.2) is 13.1 Å². The summed E-state index contributed by atoms with van der Waals surface area (Å²) in [6, 6.07) is 0. The molecule has 5 nitrogen and oxygen atoms in total. The lowest BCUT2D eigenvalue weighted by Gasteiger charge is -2.17. The fraction of sp³-hybridized carbons (Fsp3) is 0.750. The molecule has 0 saturated heterocycles. The first-order valence-electron chi connectivity index (χ1n) is 6.08. The van der Waals surface area contributed by atoms with Gasteiger partial charge in [0.2, 0.25) is 10.0 Å². The second-order valence-corrected chi connectivity index (χ2v) is 7.75. The van der Waals surface area contributed by atoms with Crippen molar-refractivity contribution in [2.75, 3.05) is 6.54 Å². The van der Waals surface area contributed by atoms with E-state index in [-0.39, 0.29) is 16.2 Å². The van der Waals surface area contributed by atoms with E-state index in [1.54, 1.807) is 17.9 Å². The molecule has 0 spiro atoms. The number of hydrogen-bond donors (Lipinski definition) is 1. The summed E-state index contributed by atoms with van der Waals surface area (Å²) >= 11 is 0. The van der Waals surface area contributed by atoms with E-state index in [1.807, 2.05) is 34.6 Å². The van der Waals surface area contributed by atoms with Gasteiger partial charge in [0.05, 0.1) is 5.69 Å². The lowest BCUT2D eigenvalue weighted by atomic mass is 9.92. The zero-order valence-electron chi connectivity index (χ0n) is 12.0. The van der Waals surface area contributed by atoms with Crippen LogP contribution in [0.25, 0.3) is 0 Å². The molecule has 0 saturated carbocycles. The summed E-state index contributed by atoms with van der Waals surface area (Å²) < 4.78 is 28.7. The molecule has 1 N–H and O–H groups in total. The minimum absolute atomic E-state index is 0.273. The van der Waals surface area contributed by atoms with Crippen LogP contribution in [0.3, 0.4) is 0 Å². The smallest absolute Gasteiger partial charge is 0.244 e. The van der Waals surface area contributed by atoms with Crippen molar-refractivity contribution in [3.8, 4) is 0 Å². The van der Waals surface area contributed by atoms with Crippen molar-refractivity contribution >= 4 is 10.0 Å². The number of nitrogens with one attached hydrogen (secondary N) is 1. The maximum atomic E-state index is 12.3. The van der Waals surface area contributed by atoms with Crippen LogP contribution in [-0.2, 0) is 22.5 Å².